The van der Waals surface area contributed by atoms with Crippen LogP contribution in [0.5, 0.6) is 5.75 Å². The molecule has 0 bridgehead atoms. The maximum atomic E-state index is 12.9. The quantitative estimate of drug-likeness (QED) is 0.682. The van der Waals surface area contributed by atoms with Gasteiger partial charge in [-0.3, -0.25) is 9.69 Å². The van der Waals surface area contributed by atoms with E-state index in [1.165, 1.54) is 0 Å². The lowest BCUT2D eigenvalue weighted by Gasteiger charge is -2.26. The normalized spacial score (nSPS) is 15.1. The largest absolute Gasteiger partial charge is 0.496 e. The second-order valence-corrected chi connectivity index (χ2v) is 7.06. The Morgan fingerprint density at radius 3 is 2.75 bits per heavy atom. The Morgan fingerprint density at radius 2 is 1.96 bits per heavy atom. The monoisotopic (exact) mass is 379 g/mol. The van der Waals surface area contributed by atoms with Gasteiger partial charge in [-0.2, -0.15) is 5.10 Å². The van der Waals surface area contributed by atoms with Gasteiger partial charge in [-0.15, -0.1) is 0 Å². The minimum absolute atomic E-state index is 0.0420. The molecule has 0 radical (unpaired) electrons. The van der Waals surface area contributed by atoms with Crippen LogP contribution in [0.15, 0.2) is 47.4 Å². The van der Waals surface area contributed by atoms with E-state index in [9.17, 15) is 4.79 Å². The Kier molecular flexibility index (Phi) is 5.41. The molecule has 3 aromatic rings. The highest BCUT2D eigenvalue weighted by molar-refractivity contribution is 5.86. The van der Waals surface area contributed by atoms with Crippen LogP contribution in [0, 0.1) is 6.92 Å². The van der Waals surface area contributed by atoms with Crippen molar-refractivity contribution in [2.75, 3.05) is 40.0 Å². The second kappa shape index (κ2) is 8.12. The Labute approximate surface area is 164 Å². The zero-order chi connectivity index (χ0) is 19.5. The van der Waals surface area contributed by atoms with Gasteiger partial charge in [0.05, 0.1) is 38.5 Å². The summed E-state index contributed by atoms with van der Waals surface area (Å²) >= 11 is 0. The summed E-state index contributed by atoms with van der Waals surface area (Å²) in [5.74, 6) is 0.856. The van der Waals surface area contributed by atoms with E-state index in [1.54, 1.807) is 18.0 Å². The van der Waals surface area contributed by atoms with Crippen molar-refractivity contribution >= 4 is 10.8 Å². The Balaban J connectivity index is 1.62. The molecule has 0 aliphatic carbocycles. The van der Waals surface area contributed by atoms with Crippen LogP contribution in [0.4, 0.5) is 0 Å². The minimum Gasteiger partial charge on any atom is -0.496 e. The number of hydrogen-bond acceptors (Lipinski definition) is 5. The van der Waals surface area contributed by atoms with Gasteiger partial charge in [-0.05, 0) is 41.8 Å². The molecule has 0 unspecified atom stereocenters. The summed E-state index contributed by atoms with van der Waals surface area (Å²) in [7, 11) is 1.68. The number of morpholine rings is 1. The average molecular weight is 379 g/mol. The van der Waals surface area contributed by atoms with Crippen molar-refractivity contribution in [3.63, 3.8) is 0 Å². The van der Waals surface area contributed by atoms with Crippen molar-refractivity contribution in [2.45, 2.75) is 13.5 Å². The van der Waals surface area contributed by atoms with Crippen molar-refractivity contribution in [3.05, 3.63) is 58.5 Å². The van der Waals surface area contributed by atoms with E-state index in [0.29, 0.717) is 11.9 Å². The van der Waals surface area contributed by atoms with E-state index in [1.807, 2.05) is 37.3 Å². The zero-order valence-corrected chi connectivity index (χ0v) is 16.4. The molecule has 1 aliphatic heterocycles. The van der Waals surface area contributed by atoms with Gasteiger partial charge in [0.2, 0.25) is 0 Å². The Hall–Kier alpha value is -2.70. The fourth-order valence-corrected chi connectivity index (χ4v) is 3.72. The summed E-state index contributed by atoms with van der Waals surface area (Å²) < 4.78 is 12.4. The molecule has 6 heteroatoms. The second-order valence-electron chi connectivity index (χ2n) is 7.06. The molecule has 2 heterocycles. The molecule has 2 aromatic carbocycles. The number of aromatic nitrogens is 2. The standard InChI is InChI=1S/C22H25N3O3/c1-16-19(4-3-5-21(16)27-2)17-6-7-20-18(14-17)15-23-25(22(20)26)9-8-24-10-12-28-13-11-24/h3-7,14-15H,8-13H2,1-2H3. The van der Waals surface area contributed by atoms with Gasteiger partial charge in [0.15, 0.2) is 0 Å². The van der Waals surface area contributed by atoms with Crippen LogP contribution in [-0.2, 0) is 11.3 Å². The summed E-state index contributed by atoms with van der Waals surface area (Å²) in [6.07, 6.45) is 1.79. The fourth-order valence-electron chi connectivity index (χ4n) is 3.72. The molecule has 1 aliphatic rings. The predicted molar refractivity (Wildman–Crippen MR) is 110 cm³/mol. The first-order chi connectivity index (χ1) is 13.7. The van der Waals surface area contributed by atoms with E-state index in [0.717, 1.165) is 60.7 Å². The number of hydrogen-bond donors (Lipinski definition) is 0. The summed E-state index contributed by atoms with van der Waals surface area (Å²) in [6, 6.07) is 11.9. The maximum Gasteiger partial charge on any atom is 0.274 e. The van der Waals surface area contributed by atoms with E-state index >= 15 is 0 Å². The number of ether oxygens (including phenoxy) is 2. The van der Waals surface area contributed by atoms with Crippen LogP contribution in [-0.4, -0.2) is 54.6 Å². The number of rotatable bonds is 5. The van der Waals surface area contributed by atoms with Crippen molar-refractivity contribution in [1.82, 2.24) is 14.7 Å². The highest BCUT2D eigenvalue weighted by Crippen LogP contribution is 2.31. The van der Waals surface area contributed by atoms with Crippen LogP contribution in [0.2, 0.25) is 0 Å². The van der Waals surface area contributed by atoms with Crippen LogP contribution in [0.25, 0.3) is 21.9 Å². The SMILES string of the molecule is COc1cccc(-c2ccc3c(=O)n(CCN4CCOCC4)ncc3c2)c1C. The van der Waals surface area contributed by atoms with E-state index < -0.39 is 0 Å². The first kappa shape index (κ1) is 18.7. The topological polar surface area (TPSA) is 56.6 Å². The number of methoxy groups -OCH3 is 1. The predicted octanol–water partition coefficient (Wildman–Crippen LogP) is 2.71. The van der Waals surface area contributed by atoms with Gasteiger partial charge in [-0.1, -0.05) is 18.2 Å². The fraction of sp³-hybridized carbons (Fsp3) is 0.364. The maximum absolute atomic E-state index is 12.9. The third kappa shape index (κ3) is 3.66. The van der Waals surface area contributed by atoms with Gasteiger partial charge in [0.1, 0.15) is 5.75 Å². The van der Waals surface area contributed by atoms with Crippen molar-refractivity contribution in [1.29, 1.82) is 0 Å². The molecule has 0 amide bonds. The van der Waals surface area contributed by atoms with Gasteiger partial charge in [0, 0.05) is 25.0 Å². The van der Waals surface area contributed by atoms with Crippen LogP contribution < -0.4 is 10.3 Å². The zero-order valence-electron chi connectivity index (χ0n) is 16.4. The van der Waals surface area contributed by atoms with E-state index in [-0.39, 0.29) is 5.56 Å². The van der Waals surface area contributed by atoms with Crippen molar-refractivity contribution in [2.24, 2.45) is 0 Å². The van der Waals surface area contributed by atoms with Crippen LogP contribution in [0.1, 0.15) is 5.56 Å². The first-order valence-corrected chi connectivity index (χ1v) is 9.61. The molecular weight excluding hydrogens is 354 g/mol. The molecule has 0 N–H and O–H groups in total. The molecule has 0 spiro atoms. The molecule has 0 atom stereocenters. The number of benzene rings is 2. The summed E-state index contributed by atoms with van der Waals surface area (Å²) in [5.41, 5.74) is 3.18. The summed E-state index contributed by atoms with van der Waals surface area (Å²) in [6.45, 7) is 6.77. The van der Waals surface area contributed by atoms with Gasteiger partial charge in [-0.25, -0.2) is 4.68 Å². The van der Waals surface area contributed by atoms with Crippen molar-refractivity contribution in [3.8, 4) is 16.9 Å². The lowest BCUT2D eigenvalue weighted by molar-refractivity contribution is 0.0358. The smallest absolute Gasteiger partial charge is 0.274 e. The molecule has 4 rings (SSSR count). The number of nitrogens with zero attached hydrogens (tertiary/aromatic N) is 3. The summed E-state index contributed by atoms with van der Waals surface area (Å²) in [5, 5.41) is 5.95. The molecule has 146 valence electrons. The van der Waals surface area contributed by atoms with Gasteiger partial charge >= 0.3 is 0 Å². The van der Waals surface area contributed by atoms with E-state index in [4.69, 9.17) is 9.47 Å². The Morgan fingerprint density at radius 1 is 1.14 bits per heavy atom. The molecular formula is C22H25N3O3. The van der Waals surface area contributed by atoms with Crippen LogP contribution >= 0.6 is 0 Å². The van der Waals surface area contributed by atoms with E-state index in [2.05, 4.69) is 16.1 Å². The third-order valence-corrected chi connectivity index (χ3v) is 5.40. The number of fused-ring (bicyclic) bond motifs is 1. The minimum atomic E-state index is -0.0420. The molecule has 0 saturated carbocycles. The van der Waals surface area contributed by atoms with Crippen LogP contribution in [0.3, 0.4) is 0 Å². The first-order valence-electron chi connectivity index (χ1n) is 9.61. The molecule has 1 aromatic heterocycles. The molecule has 6 nitrogen and oxygen atoms in total. The lowest BCUT2D eigenvalue weighted by atomic mass is 9.98. The van der Waals surface area contributed by atoms with Crippen molar-refractivity contribution < 1.29 is 9.47 Å². The lowest BCUT2D eigenvalue weighted by Crippen LogP contribution is -2.39. The van der Waals surface area contributed by atoms with Gasteiger partial charge in [0.25, 0.3) is 5.56 Å². The van der Waals surface area contributed by atoms with Gasteiger partial charge < -0.3 is 9.47 Å². The highest BCUT2D eigenvalue weighted by Gasteiger charge is 2.12. The molecule has 28 heavy (non-hydrogen) atoms. The molecule has 1 saturated heterocycles. The average Bonchev–Trinajstić information content (AvgIpc) is 2.74. The Bertz CT molecular complexity index is 1040. The third-order valence-electron chi connectivity index (χ3n) is 5.40. The molecule has 1 fully saturated rings. The summed E-state index contributed by atoms with van der Waals surface area (Å²) in [4.78, 5) is 15.2. The highest BCUT2D eigenvalue weighted by atomic mass is 16.5.